The standard InChI is InChI=1S/C10H16BrN3/c1-6(2)7(3)14-9-4-10(12)13-5-8(9)11/h4-7H,1-3H3,(H3,12,13,14). The Balaban J connectivity index is 2.80. The summed E-state index contributed by atoms with van der Waals surface area (Å²) in [5.74, 6) is 1.11. The molecule has 1 heterocycles. The molecule has 1 atom stereocenters. The van der Waals surface area contributed by atoms with Crippen molar-refractivity contribution < 1.29 is 0 Å². The monoisotopic (exact) mass is 257 g/mol. The van der Waals surface area contributed by atoms with Crippen LogP contribution in [0, 0.1) is 5.92 Å². The number of hydrogen-bond acceptors (Lipinski definition) is 3. The molecule has 0 radical (unpaired) electrons. The highest BCUT2D eigenvalue weighted by Gasteiger charge is 2.08. The highest BCUT2D eigenvalue weighted by Crippen LogP contribution is 2.24. The molecule has 0 aromatic carbocycles. The predicted octanol–water partition coefficient (Wildman–Crippen LogP) is 2.88. The van der Waals surface area contributed by atoms with Crippen LogP contribution in [0.15, 0.2) is 16.7 Å². The molecule has 1 rings (SSSR count). The smallest absolute Gasteiger partial charge is 0.125 e. The Morgan fingerprint density at radius 1 is 1.43 bits per heavy atom. The summed E-state index contributed by atoms with van der Waals surface area (Å²) in [6.07, 6.45) is 1.71. The van der Waals surface area contributed by atoms with Crippen molar-refractivity contribution in [2.24, 2.45) is 5.92 Å². The topological polar surface area (TPSA) is 50.9 Å². The zero-order valence-electron chi connectivity index (χ0n) is 8.71. The lowest BCUT2D eigenvalue weighted by Crippen LogP contribution is -2.21. The van der Waals surface area contributed by atoms with Gasteiger partial charge in [-0.25, -0.2) is 4.98 Å². The average molecular weight is 258 g/mol. The molecular formula is C10H16BrN3. The van der Waals surface area contributed by atoms with Crippen LogP contribution in [0.25, 0.3) is 0 Å². The van der Waals surface area contributed by atoms with Crippen molar-refractivity contribution in [1.29, 1.82) is 0 Å². The van der Waals surface area contributed by atoms with Crippen molar-refractivity contribution in [1.82, 2.24) is 4.98 Å². The van der Waals surface area contributed by atoms with E-state index >= 15 is 0 Å². The van der Waals surface area contributed by atoms with E-state index in [-0.39, 0.29) is 0 Å². The van der Waals surface area contributed by atoms with Gasteiger partial charge in [0.2, 0.25) is 0 Å². The zero-order chi connectivity index (χ0) is 10.7. The first kappa shape index (κ1) is 11.3. The van der Waals surface area contributed by atoms with Gasteiger partial charge in [-0.1, -0.05) is 13.8 Å². The quantitative estimate of drug-likeness (QED) is 0.876. The third-order valence-corrected chi connectivity index (χ3v) is 2.89. The molecule has 0 aliphatic heterocycles. The molecule has 0 aliphatic rings. The summed E-state index contributed by atoms with van der Waals surface area (Å²) in [6, 6.07) is 2.25. The Hall–Kier alpha value is -0.770. The number of nitrogens with one attached hydrogen (secondary N) is 1. The van der Waals surface area contributed by atoms with Crippen molar-refractivity contribution >= 4 is 27.4 Å². The van der Waals surface area contributed by atoms with E-state index in [2.05, 4.69) is 47.0 Å². The lowest BCUT2D eigenvalue weighted by molar-refractivity contribution is 0.560. The van der Waals surface area contributed by atoms with Gasteiger partial charge in [0, 0.05) is 18.3 Å². The summed E-state index contributed by atoms with van der Waals surface area (Å²) >= 11 is 3.43. The molecule has 4 heteroatoms. The molecule has 0 saturated heterocycles. The highest BCUT2D eigenvalue weighted by molar-refractivity contribution is 9.10. The van der Waals surface area contributed by atoms with E-state index in [1.54, 1.807) is 6.20 Å². The van der Waals surface area contributed by atoms with E-state index in [9.17, 15) is 0 Å². The van der Waals surface area contributed by atoms with Gasteiger partial charge in [0.15, 0.2) is 0 Å². The van der Waals surface area contributed by atoms with Gasteiger partial charge in [-0.05, 0) is 28.8 Å². The van der Waals surface area contributed by atoms with Crippen molar-refractivity contribution in [3.8, 4) is 0 Å². The summed E-state index contributed by atoms with van der Waals surface area (Å²) in [4.78, 5) is 3.98. The number of hydrogen-bond donors (Lipinski definition) is 2. The van der Waals surface area contributed by atoms with Gasteiger partial charge in [0.05, 0.1) is 10.2 Å². The maximum absolute atomic E-state index is 5.61. The van der Waals surface area contributed by atoms with Crippen molar-refractivity contribution in [3.05, 3.63) is 16.7 Å². The second-order valence-corrected chi connectivity index (χ2v) is 4.62. The Morgan fingerprint density at radius 3 is 2.64 bits per heavy atom. The van der Waals surface area contributed by atoms with Gasteiger partial charge in [-0.2, -0.15) is 0 Å². The Labute approximate surface area is 93.2 Å². The number of aromatic nitrogens is 1. The maximum Gasteiger partial charge on any atom is 0.125 e. The second-order valence-electron chi connectivity index (χ2n) is 3.77. The van der Waals surface area contributed by atoms with Gasteiger partial charge in [-0.3, -0.25) is 0 Å². The lowest BCUT2D eigenvalue weighted by atomic mass is 10.1. The molecule has 0 bridgehead atoms. The summed E-state index contributed by atoms with van der Waals surface area (Å²) < 4.78 is 0.944. The molecule has 0 spiro atoms. The molecule has 1 aromatic rings. The number of anilines is 2. The number of nitrogens with zero attached hydrogens (tertiary/aromatic N) is 1. The van der Waals surface area contributed by atoms with Crippen LogP contribution in [0.4, 0.5) is 11.5 Å². The Morgan fingerprint density at radius 2 is 2.07 bits per heavy atom. The first-order chi connectivity index (χ1) is 6.50. The first-order valence-electron chi connectivity index (χ1n) is 4.68. The third kappa shape index (κ3) is 2.87. The van der Waals surface area contributed by atoms with Crippen LogP contribution in [0.2, 0.25) is 0 Å². The minimum absolute atomic E-state index is 0.410. The van der Waals surface area contributed by atoms with Crippen LogP contribution >= 0.6 is 15.9 Å². The minimum Gasteiger partial charge on any atom is -0.384 e. The van der Waals surface area contributed by atoms with E-state index in [0.717, 1.165) is 10.2 Å². The molecule has 78 valence electrons. The van der Waals surface area contributed by atoms with E-state index in [0.29, 0.717) is 17.8 Å². The number of nitrogens with two attached hydrogens (primary N) is 1. The fourth-order valence-corrected chi connectivity index (χ4v) is 1.31. The van der Waals surface area contributed by atoms with E-state index in [1.165, 1.54) is 0 Å². The summed E-state index contributed by atoms with van der Waals surface area (Å²) in [7, 11) is 0. The van der Waals surface area contributed by atoms with Crippen molar-refractivity contribution in [3.63, 3.8) is 0 Å². The third-order valence-electron chi connectivity index (χ3n) is 2.26. The largest absolute Gasteiger partial charge is 0.384 e. The Kier molecular flexibility index (Phi) is 3.75. The molecule has 1 unspecified atom stereocenters. The normalized spacial score (nSPS) is 12.9. The fraction of sp³-hybridized carbons (Fsp3) is 0.500. The van der Waals surface area contributed by atoms with Gasteiger partial charge in [0.25, 0.3) is 0 Å². The predicted molar refractivity (Wildman–Crippen MR) is 64.3 cm³/mol. The summed E-state index contributed by atoms with van der Waals surface area (Å²) in [5, 5.41) is 3.38. The van der Waals surface area contributed by atoms with Crippen LogP contribution in [-0.4, -0.2) is 11.0 Å². The maximum atomic E-state index is 5.61. The molecule has 0 saturated carbocycles. The van der Waals surface area contributed by atoms with Crippen LogP contribution in [0.5, 0.6) is 0 Å². The number of halogens is 1. The summed E-state index contributed by atoms with van der Waals surface area (Å²) in [6.45, 7) is 6.50. The highest BCUT2D eigenvalue weighted by atomic mass is 79.9. The lowest BCUT2D eigenvalue weighted by Gasteiger charge is -2.19. The number of nitrogen functional groups attached to an aromatic ring is 1. The molecular weight excluding hydrogens is 242 g/mol. The van der Waals surface area contributed by atoms with Crippen LogP contribution < -0.4 is 11.1 Å². The number of pyridine rings is 1. The van der Waals surface area contributed by atoms with E-state index < -0.39 is 0 Å². The van der Waals surface area contributed by atoms with Crippen LogP contribution in [0.1, 0.15) is 20.8 Å². The van der Waals surface area contributed by atoms with E-state index in [4.69, 9.17) is 5.73 Å². The molecule has 3 N–H and O–H groups in total. The van der Waals surface area contributed by atoms with E-state index in [1.807, 2.05) is 6.07 Å². The average Bonchev–Trinajstić information content (AvgIpc) is 2.11. The van der Waals surface area contributed by atoms with Gasteiger partial charge < -0.3 is 11.1 Å². The van der Waals surface area contributed by atoms with Crippen LogP contribution in [0.3, 0.4) is 0 Å². The van der Waals surface area contributed by atoms with Gasteiger partial charge in [0.1, 0.15) is 5.82 Å². The Bertz CT molecular complexity index is 312. The minimum atomic E-state index is 0.410. The SMILES string of the molecule is CC(C)C(C)Nc1cc(N)ncc1Br. The number of rotatable bonds is 3. The zero-order valence-corrected chi connectivity index (χ0v) is 10.3. The molecule has 14 heavy (non-hydrogen) atoms. The molecule has 1 aromatic heterocycles. The summed E-state index contributed by atoms with van der Waals surface area (Å²) in [5.41, 5.74) is 6.61. The fourth-order valence-electron chi connectivity index (χ4n) is 0.977. The molecule has 0 fully saturated rings. The first-order valence-corrected chi connectivity index (χ1v) is 5.47. The molecule has 0 aliphatic carbocycles. The molecule has 3 nitrogen and oxygen atoms in total. The second kappa shape index (κ2) is 4.64. The van der Waals surface area contributed by atoms with Gasteiger partial charge in [-0.15, -0.1) is 0 Å². The van der Waals surface area contributed by atoms with Crippen molar-refractivity contribution in [2.45, 2.75) is 26.8 Å². The molecule has 0 amide bonds. The van der Waals surface area contributed by atoms with Crippen LogP contribution in [-0.2, 0) is 0 Å². The van der Waals surface area contributed by atoms with Gasteiger partial charge >= 0.3 is 0 Å². The van der Waals surface area contributed by atoms with Crippen molar-refractivity contribution in [2.75, 3.05) is 11.1 Å².